The zero-order chi connectivity index (χ0) is 23.4. The van der Waals surface area contributed by atoms with Gasteiger partial charge in [-0.1, -0.05) is 42.1 Å². The number of aromatic nitrogens is 3. The van der Waals surface area contributed by atoms with Crippen molar-refractivity contribution in [1.82, 2.24) is 14.8 Å². The van der Waals surface area contributed by atoms with Gasteiger partial charge in [-0.25, -0.2) is 0 Å². The van der Waals surface area contributed by atoms with E-state index in [2.05, 4.69) is 21.6 Å². The van der Waals surface area contributed by atoms with Crippen LogP contribution in [-0.4, -0.2) is 31.7 Å². The summed E-state index contributed by atoms with van der Waals surface area (Å²) in [6.07, 6.45) is 0. The Kier molecular flexibility index (Phi) is 6.74. The maximum atomic E-state index is 12.6. The predicted octanol–water partition coefficient (Wildman–Crippen LogP) is 4.87. The van der Waals surface area contributed by atoms with Gasteiger partial charge in [0.1, 0.15) is 12.4 Å². The van der Waals surface area contributed by atoms with E-state index in [0.717, 1.165) is 16.5 Å². The van der Waals surface area contributed by atoms with Crippen molar-refractivity contribution < 1.29 is 14.3 Å². The van der Waals surface area contributed by atoms with Crippen LogP contribution in [0.15, 0.2) is 71.9 Å². The molecule has 1 aromatic heterocycles. The number of hydrogen-bond acceptors (Lipinski definition) is 6. The van der Waals surface area contributed by atoms with Crippen molar-refractivity contribution >= 4 is 39.9 Å². The molecule has 1 amide bonds. The fraction of sp³-hybridized carbons (Fsp3) is 0.200. The standard InChI is InChI=1S/C25H24N4O3S/c1-16(30)18-8-11-21(12-9-18)26-24(31)17(2)33-25-28-27-23(29(25)3)15-32-22-13-10-19-6-4-5-7-20(19)14-22/h4-14,17H,15H2,1-3H3,(H,26,31)/t17-/m1/s1. The van der Waals surface area contributed by atoms with Crippen LogP contribution in [0.3, 0.4) is 0 Å². The van der Waals surface area contributed by atoms with E-state index < -0.39 is 5.25 Å². The molecular weight excluding hydrogens is 436 g/mol. The van der Waals surface area contributed by atoms with Gasteiger partial charge in [0.25, 0.3) is 0 Å². The highest BCUT2D eigenvalue weighted by Crippen LogP contribution is 2.24. The smallest absolute Gasteiger partial charge is 0.237 e. The van der Waals surface area contributed by atoms with E-state index in [9.17, 15) is 9.59 Å². The van der Waals surface area contributed by atoms with Crippen molar-refractivity contribution in [3.63, 3.8) is 0 Å². The number of fused-ring (bicyclic) bond motifs is 1. The van der Waals surface area contributed by atoms with Crippen LogP contribution >= 0.6 is 11.8 Å². The largest absolute Gasteiger partial charge is 0.486 e. The molecule has 0 bridgehead atoms. The van der Waals surface area contributed by atoms with Crippen LogP contribution in [0, 0.1) is 0 Å². The maximum absolute atomic E-state index is 12.6. The van der Waals surface area contributed by atoms with Crippen LogP contribution in [0.4, 0.5) is 5.69 Å². The Hall–Kier alpha value is -3.65. The Morgan fingerprint density at radius 3 is 2.48 bits per heavy atom. The SMILES string of the molecule is CC(=O)c1ccc(NC(=O)[C@@H](C)Sc2nnc(COc3ccc4ccccc4c3)n2C)cc1. The Labute approximate surface area is 196 Å². The number of hydrogen-bond donors (Lipinski definition) is 1. The summed E-state index contributed by atoms with van der Waals surface area (Å²) < 4.78 is 7.75. The summed E-state index contributed by atoms with van der Waals surface area (Å²) in [6, 6.07) is 20.9. The van der Waals surface area contributed by atoms with Crippen LogP contribution in [0.1, 0.15) is 30.0 Å². The lowest BCUT2D eigenvalue weighted by Gasteiger charge is -2.12. The van der Waals surface area contributed by atoms with E-state index >= 15 is 0 Å². The van der Waals surface area contributed by atoms with E-state index in [1.807, 2.05) is 54.9 Å². The first-order valence-corrected chi connectivity index (χ1v) is 11.4. The molecular formula is C25H24N4O3S. The average molecular weight is 461 g/mol. The molecule has 33 heavy (non-hydrogen) atoms. The molecule has 8 heteroatoms. The highest BCUT2D eigenvalue weighted by molar-refractivity contribution is 8.00. The number of ether oxygens (including phenoxy) is 1. The fourth-order valence-corrected chi connectivity index (χ4v) is 4.06. The highest BCUT2D eigenvalue weighted by atomic mass is 32.2. The van der Waals surface area contributed by atoms with Gasteiger partial charge in [0.15, 0.2) is 16.8 Å². The molecule has 0 spiro atoms. The summed E-state index contributed by atoms with van der Waals surface area (Å²) in [6.45, 7) is 3.59. The number of nitrogens with one attached hydrogen (secondary N) is 1. The lowest BCUT2D eigenvalue weighted by atomic mass is 10.1. The molecule has 1 N–H and O–H groups in total. The lowest BCUT2D eigenvalue weighted by Crippen LogP contribution is -2.22. The molecule has 0 unspecified atom stereocenters. The molecule has 0 saturated carbocycles. The molecule has 168 valence electrons. The fourth-order valence-electron chi connectivity index (χ4n) is 3.22. The van der Waals surface area contributed by atoms with E-state index in [0.29, 0.717) is 22.2 Å². The summed E-state index contributed by atoms with van der Waals surface area (Å²) >= 11 is 1.32. The first kappa shape index (κ1) is 22.5. The molecule has 0 saturated heterocycles. The molecule has 0 aliphatic rings. The van der Waals surface area contributed by atoms with Gasteiger partial charge >= 0.3 is 0 Å². The van der Waals surface area contributed by atoms with Crippen LogP contribution in [0.25, 0.3) is 10.8 Å². The molecule has 1 atom stereocenters. The normalized spacial score (nSPS) is 11.8. The molecule has 0 radical (unpaired) electrons. The Morgan fingerprint density at radius 2 is 1.76 bits per heavy atom. The Morgan fingerprint density at radius 1 is 1.03 bits per heavy atom. The quantitative estimate of drug-likeness (QED) is 0.298. The number of Topliss-reactive ketones (excluding diaryl/α,β-unsaturated/α-hetero) is 1. The average Bonchev–Trinajstić information content (AvgIpc) is 3.16. The van der Waals surface area contributed by atoms with Gasteiger partial charge in [0.05, 0.1) is 5.25 Å². The minimum Gasteiger partial charge on any atom is -0.486 e. The van der Waals surface area contributed by atoms with Gasteiger partial charge in [-0.05, 0) is 61.0 Å². The van der Waals surface area contributed by atoms with Crippen LogP contribution in [-0.2, 0) is 18.4 Å². The van der Waals surface area contributed by atoms with E-state index in [4.69, 9.17) is 4.74 Å². The van der Waals surface area contributed by atoms with Crippen molar-refractivity contribution in [2.45, 2.75) is 30.9 Å². The summed E-state index contributed by atoms with van der Waals surface area (Å²) in [7, 11) is 1.85. The monoisotopic (exact) mass is 460 g/mol. The minimum absolute atomic E-state index is 0.0144. The molecule has 4 rings (SSSR count). The predicted molar refractivity (Wildman–Crippen MR) is 130 cm³/mol. The lowest BCUT2D eigenvalue weighted by molar-refractivity contribution is -0.115. The summed E-state index contributed by atoms with van der Waals surface area (Å²) in [5, 5.41) is 13.8. The second kappa shape index (κ2) is 9.87. The molecule has 3 aromatic carbocycles. The van der Waals surface area contributed by atoms with Gasteiger partial charge in [-0.2, -0.15) is 0 Å². The van der Waals surface area contributed by atoms with Crippen LogP contribution < -0.4 is 10.1 Å². The number of carbonyl (C=O) groups is 2. The molecule has 4 aromatic rings. The van der Waals surface area contributed by atoms with Gasteiger partial charge in [0, 0.05) is 18.3 Å². The Bertz CT molecular complexity index is 1300. The van der Waals surface area contributed by atoms with Gasteiger partial charge in [0.2, 0.25) is 5.91 Å². The molecule has 0 aliphatic heterocycles. The van der Waals surface area contributed by atoms with Crippen molar-refractivity contribution in [2.24, 2.45) is 7.05 Å². The number of rotatable bonds is 8. The van der Waals surface area contributed by atoms with E-state index in [1.165, 1.54) is 18.7 Å². The second-order valence-electron chi connectivity index (χ2n) is 7.64. The topological polar surface area (TPSA) is 86.1 Å². The van der Waals surface area contributed by atoms with Crippen molar-refractivity contribution in [3.05, 3.63) is 78.1 Å². The van der Waals surface area contributed by atoms with Gasteiger partial charge in [-0.3, -0.25) is 9.59 Å². The number of amides is 1. The van der Waals surface area contributed by atoms with Gasteiger partial charge in [-0.15, -0.1) is 10.2 Å². The number of ketones is 1. The molecule has 1 heterocycles. The molecule has 0 fully saturated rings. The number of carbonyl (C=O) groups excluding carboxylic acids is 2. The van der Waals surface area contributed by atoms with E-state index in [1.54, 1.807) is 24.3 Å². The second-order valence-corrected chi connectivity index (χ2v) is 8.95. The third kappa shape index (κ3) is 5.40. The number of anilines is 1. The van der Waals surface area contributed by atoms with Crippen molar-refractivity contribution in [1.29, 1.82) is 0 Å². The number of benzene rings is 3. The highest BCUT2D eigenvalue weighted by Gasteiger charge is 2.19. The minimum atomic E-state index is -0.394. The van der Waals surface area contributed by atoms with Crippen LogP contribution in [0.5, 0.6) is 5.75 Å². The van der Waals surface area contributed by atoms with Crippen LogP contribution in [0.2, 0.25) is 0 Å². The zero-order valence-electron chi connectivity index (χ0n) is 18.6. The third-order valence-electron chi connectivity index (χ3n) is 5.22. The first-order chi connectivity index (χ1) is 15.9. The summed E-state index contributed by atoms with van der Waals surface area (Å²) in [4.78, 5) is 24.0. The van der Waals surface area contributed by atoms with Crippen molar-refractivity contribution in [2.75, 3.05) is 5.32 Å². The number of thioether (sulfide) groups is 1. The third-order valence-corrected chi connectivity index (χ3v) is 6.36. The Balaban J connectivity index is 1.35. The van der Waals surface area contributed by atoms with Gasteiger partial charge < -0.3 is 14.6 Å². The summed E-state index contributed by atoms with van der Waals surface area (Å²) in [5.74, 6) is 1.25. The zero-order valence-corrected chi connectivity index (χ0v) is 19.4. The van der Waals surface area contributed by atoms with E-state index in [-0.39, 0.29) is 18.3 Å². The molecule has 0 aliphatic carbocycles. The first-order valence-electron chi connectivity index (χ1n) is 10.5. The summed E-state index contributed by atoms with van der Waals surface area (Å²) in [5.41, 5.74) is 1.24. The molecule has 7 nitrogen and oxygen atoms in total. The van der Waals surface area contributed by atoms with Crippen molar-refractivity contribution in [3.8, 4) is 5.75 Å². The number of nitrogens with zero attached hydrogens (tertiary/aromatic N) is 3. The maximum Gasteiger partial charge on any atom is 0.237 e.